The second-order valence-corrected chi connectivity index (χ2v) is 9.55. The Balaban J connectivity index is 1.35. The van der Waals surface area contributed by atoms with Gasteiger partial charge in [0.1, 0.15) is 0 Å². The summed E-state index contributed by atoms with van der Waals surface area (Å²) < 4.78 is 0.477. The summed E-state index contributed by atoms with van der Waals surface area (Å²) in [6.07, 6.45) is 3.40. The van der Waals surface area contributed by atoms with Gasteiger partial charge in [0.15, 0.2) is 0 Å². The molecule has 1 heterocycles. The fraction of sp³-hybridized carbons (Fsp3) is 0.333. The Labute approximate surface area is 167 Å². The molecule has 2 fully saturated rings. The highest BCUT2D eigenvalue weighted by Crippen LogP contribution is 2.43. The van der Waals surface area contributed by atoms with E-state index < -0.39 is 0 Å². The molecule has 1 aliphatic heterocycles. The zero-order valence-corrected chi connectivity index (χ0v) is 16.6. The number of carbonyl (C=O) groups excluding carboxylic acids is 2. The van der Waals surface area contributed by atoms with E-state index in [-0.39, 0.29) is 11.8 Å². The molecular weight excluding hydrogens is 376 g/mol. The Kier molecular flexibility index (Phi) is 5.74. The zero-order chi connectivity index (χ0) is 18.6. The third kappa shape index (κ3) is 4.87. The van der Waals surface area contributed by atoms with Crippen molar-refractivity contribution >= 4 is 41.0 Å². The van der Waals surface area contributed by atoms with Gasteiger partial charge in [-0.05, 0) is 72.7 Å². The van der Waals surface area contributed by atoms with E-state index in [2.05, 4.69) is 22.8 Å². The van der Waals surface area contributed by atoms with Crippen molar-refractivity contribution in [1.82, 2.24) is 5.32 Å². The maximum atomic E-state index is 12.5. The average Bonchev–Trinajstić information content (AvgIpc) is 3.53. The average molecular weight is 399 g/mol. The number of nitrogens with one attached hydrogen (secondary N) is 2. The zero-order valence-electron chi connectivity index (χ0n) is 14.9. The molecule has 0 spiro atoms. The maximum absolute atomic E-state index is 12.5. The van der Waals surface area contributed by atoms with E-state index >= 15 is 0 Å². The Morgan fingerprint density at radius 2 is 1.41 bits per heavy atom. The van der Waals surface area contributed by atoms with Crippen LogP contribution in [0.4, 0.5) is 5.69 Å². The highest BCUT2D eigenvalue weighted by atomic mass is 32.2. The lowest BCUT2D eigenvalue weighted by molar-refractivity contribution is 0.0950. The van der Waals surface area contributed by atoms with E-state index in [1.807, 2.05) is 35.7 Å². The van der Waals surface area contributed by atoms with E-state index in [0.29, 0.717) is 27.4 Å². The first-order chi connectivity index (χ1) is 13.2. The van der Waals surface area contributed by atoms with Gasteiger partial charge in [-0.25, -0.2) is 0 Å². The van der Waals surface area contributed by atoms with Crippen molar-refractivity contribution in [3.63, 3.8) is 0 Å². The second-order valence-electron chi connectivity index (χ2n) is 6.83. The first kappa shape index (κ1) is 18.4. The molecule has 2 amide bonds. The molecule has 1 aliphatic carbocycles. The molecule has 2 N–H and O–H groups in total. The van der Waals surface area contributed by atoms with Crippen molar-refractivity contribution < 1.29 is 9.59 Å². The second kappa shape index (κ2) is 8.40. The largest absolute Gasteiger partial charge is 0.349 e. The predicted octanol–water partition coefficient (Wildman–Crippen LogP) is 4.70. The molecule has 27 heavy (non-hydrogen) atoms. The fourth-order valence-corrected chi connectivity index (χ4v) is 5.77. The Morgan fingerprint density at radius 1 is 0.815 bits per heavy atom. The van der Waals surface area contributed by atoms with Crippen LogP contribution >= 0.6 is 23.5 Å². The number of carbonyl (C=O) groups is 2. The number of benzene rings is 2. The lowest BCUT2D eigenvalue weighted by Crippen LogP contribution is -2.25. The normalized spacial score (nSPS) is 17.3. The molecule has 2 aromatic carbocycles. The van der Waals surface area contributed by atoms with Gasteiger partial charge in [0.2, 0.25) is 0 Å². The van der Waals surface area contributed by atoms with Crippen LogP contribution in [-0.2, 0) is 0 Å². The summed E-state index contributed by atoms with van der Waals surface area (Å²) in [6, 6.07) is 15.2. The smallest absolute Gasteiger partial charge is 0.255 e. The summed E-state index contributed by atoms with van der Waals surface area (Å²) in [5.74, 6) is 2.22. The molecule has 0 radical (unpaired) electrons. The minimum absolute atomic E-state index is 0.0515. The number of hydrogen-bond donors (Lipinski definition) is 2. The first-order valence-corrected chi connectivity index (χ1v) is 11.3. The van der Waals surface area contributed by atoms with Crippen molar-refractivity contribution in [2.45, 2.75) is 29.9 Å². The summed E-state index contributed by atoms with van der Waals surface area (Å²) in [4.78, 5) is 24.5. The van der Waals surface area contributed by atoms with Crippen LogP contribution in [0, 0.1) is 0 Å². The molecule has 0 bridgehead atoms. The number of hydrogen-bond acceptors (Lipinski definition) is 4. The van der Waals surface area contributed by atoms with Gasteiger partial charge in [-0.3, -0.25) is 9.59 Å². The highest BCUT2D eigenvalue weighted by Gasteiger charge is 2.23. The van der Waals surface area contributed by atoms with Gasteiger partial charge in [-0.2, -0.15) is 0 Å². The number of amides is 2. The Hall–Kier alpha value is -1.92. The number of rotatable bonds is 5. The van der Waals surface area contributed by atoms with Gasteiger partial charge in [0.05, 0.1) is 4.58 Å². The lowest BCUT2D eigenvalue weighted by atomic mass is 10.1. The Morgan fingerprint density at radius 3 is 2.04 bits per heavy atom. The van der Waals surface area contributed by atoms with Crippen molar-refractivity contribution in [2.24, 2.45) is 0 Å². The molecular formula is C21H22N2O2S2. The van der Waals surface area contributed by atoms with Crippen LogP contribution in [0.2, 0.25) is 0 Å². The molecule has 0 aromatic heterocycles. The number of anilines is 1. The molecule has 4 rings (SSSR count). The minimum Gasteiger partial charge on any atom is -0.349 e. The summed E-state index contributed by atoms with van der Waals surface area (Å²) >= 11 is 3.95. The SMILES string of the molecule is O=C(Nc1ccc(C(=O)NC2CC2)cc1)c1ccc(C2SCCCS2)cc1. The minimum atomic E-state index is -0.138. The molecule has 2 aliphatic rings. The van der Waals surface area contributed by atoms with E-state index in [9.17, 15) is 9.59 Å². The van der Waals surface area contributed by atoms with E-state index in [1.54, 1.807) is 24.3 Å². The van der Waals surface area contributed by atoms with Gasteiger partial charge in [-0.15, -0.1) is 23.5 Å². The van der Waals surface area contributed by atoms with Gasteiger partial charge >= 0.3 is 0 Å². The van der Waals surface area contributed by atoms with E-state index in [1.165, 1.54) is 23.5 Å². The fourth-order valence-electron chi connectivity index (χ4n) is 2.88. The van der Waals surface area contributed by atoms with Gasteiger partial charge in [-0.1, -0.05) is 12.1 Å². The van der Waals surface area contributed by atoms with Crippen LogP contribution in [0.15, 0.2) is 48.5 Å². The van der Waals surface area contributed by atoms with Crippen LogP contribution in [0.25, 0.3) is 0 Å². The van der Waals surface area contributed by atoms with Crippen LogP contribution < -0.4 is 10.6 Å². The third-order valence-electron chi connectivity index (χ3n) is 4.59. The van der Waals surface area contributed by atoms with Crippen LogP contribution in [0.5, 0.6) is 0 Å². The monoisotopic (exact) mass is 398 g/mol. The van der Waals surface area contributed by atoms with Crippen LogP contribution in [0.3, 0.4) is 0 Å². The molecule has 2 aromatic rings. The van der Waals surface area contributed by atoms with Crippen molar-refractivity contribution in [1.29, 1.82) is 0 Å². The Bertz CT molecular complexity index is 811. The summed E-state index contributed by atoms with van der Waals surface area (Å²) in [5, 5.41) is 5.85. The van der Waals surface area contributed by atoms with E-state index in [0.717, 1.165) is 12.8 Å². The molecule has 0 unspecified atom stereocenters. The topological polar surface area (TPSA) is 58.2 Å². The van der Waals surface area contributed by atoms with Crippen LogP contribution in [0.1, 0.15) is 50.1 Å². The molecule has 1 saturated heterocycles. The van der Waals surface area contributed by atoms with Gasteiger partial charge < -0.3 is 10.6 Å². The molecule has 6 heteroatoms. The highest BCUT2D eigenvalue weighted by molar-refractivity contribution is 8.16. The van der Waals surface area contributed by atoms with Crippen molar-refractivity contribution in [2.75, 3.05) is 16.8 Å². The number of thioether (sulfide) groups is 2. The quantitative estimate of drug-likeness (QED) is 0.766. The van der Waals surface area contributed by atoms with Gasteiger partial charge in [0.25, 0.3) is 11.8 Å². The lowest BCUT2D eigenvalue weighted by Gasteiger charge is -2.21. The maximum Gasteiger partial charge on any atom is 0.255 e. The van der Waals surface area contributed by atoms with Gasteiger partial charge in [0, 0.05) is 22.9 Å². The molecule has 1 saturated carbocycles. The van der Waals surface area contributed by atoms with E-state index in [4.69, 9.17) is 0 Å². The van der Waals surface area contributed by atoms with Crippen LogP contribution in [-0.4, -0.2) is 29.4 Å². The molecule has 140 valence electrons. The summed E-state index contributed by atoms with van der Waals surface area (Å²) in [5.41, 5.74) is 3.21. The standard InChI is InChI=1S/C21H22N2O2S2/c24-19(14-2-4-16(5-3-14)21-26-12-1-13-27-21)22-17-8-6-15(7-9-17)20(25)23-18-10-11-18/h2-9,18,21H,1,10-13H2,(H,22,24)(H,23,25). The summed E-state index contributed by atoms with van der Waals surface area (Å²) in [7, 11) is 0. The third-order valence-corrected chi connectivity index (χ3v) is 7.60. The predicted molar refractivity (Wildman–Crippen MR) is 114 cm³/mol. The van der Waals surface area contributed by atoms with Crippen molar-refractivity contribution in [3.8, 4) is 0 Å². The summed E-state index contributed by atoms with van der Waals surface area (Å²) in [6.45, 7) is 0. The first-order valence-electron chi connectivity index (χ1n) is 9.24. The molecule has 4 nitrogen and oxygen atoms in total. The van der Waals surface area contributed by atoms with Crippen molar-refractivity contribution in [3.05, 3.63) is 65.2 Å². The molecule has 0 atom stereocenters.